The smallest absolute Gasteiger partial charge is 0.407 e. The van der Waals surface area contributed by atoms with Gasteiger partial charge in [-0.05, 0) is 110 Å². The molecule has 2 saturated heterocycles. The van der Waals surface area contributed by atoms with Gasteiger partial charge in [-0.3, -0.25) is 9.79 Å². The van der Waals surface area contributed by atoms with Crippen LogP contribution >= 0.6 is 0 Å². The molecule has 0 saturated carbocycles. The van der Waals surface area contributed by atoms with Crippen molar-refractivity contribution in [1.29, 1.82) is 0 Å². The highest BCUT2D eigenvalue weighted by molar-refractivity contribution is 6.06. The number of alkyl carbamates (subject to hydrolysis) is 2. The highest BCUT2D eigenvalue weighted by atomic mass is 16.5. The third-order valence-electron chi connectivity index (χ3n) is 13.2. The lowest BCUT2D eigenvalue weighted by Gasteiger charge is -2.37. The van der Waals surface area contributed by atoms with Crippen molar-refractivity contribution in [3.63, 3.8) is 0 Å². The molecule has 7 atom stereocenters. The normalized spacial score (nSPS) is 21.8. The van der Waals surface area contributed by atoms with Crippen molar-refractivity contribution < 1.29 is 33.3 Å². The highest BCUT2D eigenvalue weighted by Gasteiger charge is 2.43. The number of hydrogen-bond donors (Lipinski definition) is 3. The number of imidazole rings is 1. The van der Waals surface area contributed by atoms with Crippen LogP contribution in [0.25, 0.3) is 33.2 Å². The number of aromatic nitrogens is 2. The Labute approximate surface area is 357 Å². The Balaban J connectivity index is 1.01. The fourth-order valence-corrected chi connectivity index (χ4v) is 9.81. The molecule has 2 fully saturated rings. The van der Waals surface area contributed by atoms with Crippen molar-refractivity contribution in [3.8, 4) is 28.1 Å². The minimum absolute atomic E-state index is 0.00319. The Kier molecular flexibility index (Phi) is 11.6. The zero-order valence-corrected chi connectivity index (χ0v) is 36.3. The summed E-state index contributed by atoms with van der Waals surface area (Å²) in [5.41, 5.74) is 9.02. The van der Waals surface area contributed by atoms with Crippen molar-refractivity contribution in [2.45, 2.75) is 116 Å². The fourth-order valence-electron chi connectivity index (χ4n) is 9.81. The molecule has 8 rings (SSSR count). The number of carbonyl (C=O) groups excluding carboxylic acids is 3. The van der Waals surface area contributed by atoms with E-state index in [9.17, 15) is 14.4 Å². The van der Waals surface area contributed by atoms with Crippen LogP contribution in [0, 0.1) is 5.92 Å². The van der Waals surface area contributed by atoms with E-state index in [1.54, 1.807) is 6.92 Å². The lowest BCUT2D eigenvalue weighted by molar-refractivity contribution is -0.138. The third-order valence-corrected chi connectivity index (χ3v) is 13.2. The van der Waals surface area contributed by atoms with Gasteiger partial charge in [0.1, 0.15) is 24.2 Å². The summed E-state index contributed by atoms with van der Waals surface area (Å²) in [6.45, 7) is 15.0. The number of nitrogens with one attached hydrogen (secondary N) is 3. The third kappa shape index (κ3) is 7.70. The van der Waals surface area contributed by atoms with Gasteiger partial charge >= 0.3 is 12.2 Å². The van der Waals surface area contributed by atoms with Crippen LogP contribution in [0.5, 0.6) is 5.75 Å². The molecule has 4 aliphatic rings. The van der Waals surface area contributed by atoms with E-state index in [1.807, 2.05) is 18.0 Å². The molecule has 1 aromatic heterocycles. The number of hydrogen-bond acceptors (Lipinski definition) is 10. The van der Waals surface area contributed by atoms with E-state index in [0.29, 0.717) is 13.0 Å². The molecule has 14 heteroatoms. The maximum atomic E-state index is 14.1. The van der Waals surface area contributed by atoms with Gasteiger partial charge in [-0.2, -0.15) is 0 Å². The first-order valence-electron chi connectivity index (χ1n) is 21.3. The largest absolute Gasteiger partial charge is 0.488 e. The van der Waals surface area contributed by atoms with Crippen molar-refractivity contribution in [3.05, 3.63) is 77.9 Å². The zero-order chi connectivity index (χ0) is 43.3. The molecule has 0 spiro atoms. The number of nitrogens with zero attached hydrogens (tertiary/aromatic N) is 4. The van der Waals surface area contributed by atoms with Crippen molar-refractivity contribution in [2.24, 2.45) is 10.9 Å². The highest BCUT2D eigenvalue weighted by Crippen LogP contribution is 2.45. The molecular weight excluding hydrogens is 775 g/mol. The van der Waals surface area contributed by atoms with Gasteiger partial charge in [0.15, 0.2) is 0 Å². The maximum absolute atomic E-state index is 14.1. The topological polar surface area (TPSA) is 160 Å². The lowest BCUT2D eigenvalue weighted by Crippen LogP contribution is -2.57. The summed E-state index contributed by atoms with van der Waals surface area (Å²) in [7, 11) is 4.18. The van der Waals surface area contributed by atoms with Crippen LogP contribution in [0.1, 0.15) is 83.3 Å². The molecule has 0 radical (unpaired) electrons. The van der Waals surface area contributed by atoms with Crippen LogP contribution in [0.2, 0.25) is 0 Å². The molecule has 4 aromatic rings. The molecule has 4 aliphatic heterocycles. The summed E-state index contributed by atoms with van der Waals surface area (Å²) in [6.07, 6.45) is 4.31. The van der Waals surface area contributed by atoms with E-state index < -0.39 is 24.3 Å². The molecule has 0 unspecified atom stereocenters. The van der Waals surface area contributed by atoms with Crippen LogP contribution in [0.15, 0.2) is 65.9 Å². The van der Waals surface area contributed by atoms with Crippen molar-refractivity contribution in [2.75, 3.05) is 21.3 Å². The van der Waals surface area contributed by atoms with Crippen LogP contribution in [0.4, 0.5) is 15.3 Å². The van der Waals surface area contributed by atoms with E-state index in [2.05, 4.69) is 90.3 Å². The molecule has 3 aromatic carbocycles. The van der Waals surface area contributed by atoms with Gasteiger partial charge in [0, 0.05) is 42.6 Å². The van der Waals surface area contributed by atoms with Gasteiger partial charge in [0.25, 0.3) is 0 Å². The molecule has 3 N–H and O–H groups in total. The Bertz CT molecular complexity index is 2410. The molecule has 0 aliphatic carbocycles. The number of carbonyl (C=O) groups is 3. The number of methoxy groups -OCH3 is 3. The second kappa shape index (κ2) is 16.9. The predicted octanol–water partition coefficient (Wildman–Crippen LogP) is 7.98. The Morgan fingerprint density at radius 3 is 2.28 bits per heavy atom. The molecule has 322 valence electrons. The lowest BCUT2D eigenvalue weighted by atomic mass is 9.91. The van der Waals surface area contributed by atoms with E-state index in [4.69, 9.17) is 28.9 Å². The standard InChI is InChI=1S/C47H57N7O7/c1-24(2)42(51-46(56)59-8)27(5)53-25(3)11-17-40(53)44-48-22-38(50-44)30-12-14-32-31(18-30)23-61-41-21-33-29(19-35(32)41)13-15-36-34(33)20-37(49-36)39-16-10-26(4)54(39)45(55)43(28(6)58-7)52-47(57)60-9/h12-15,18-19,21-22,24-26,28,39-40,42-43H,5,10-11,16-17,20,23H2,1-4,6-9H3,(H,48,50)(H,51,56)(H,52,57)/t25-,26-,28+,39-,40-,42-,43-/m0/s1. The summed E-state index contributed by atoms with van der Waals surface area (Å²) >= 11 is 0. The average Bonchev–Trinajstić information content (AvgIpc) is 4.08. The van der Waals surface area contributed by atoms with Gasteiger partial charge < -0.3 is 44.4 Å². The van der Waals surface area contributed by atoms with Gasteiger partial charge in [-0.15, -0.1) is 0 Å². The first-order valence-corrected chi connectivity index (χ1v) is 21.3. The summed E-state index contributed by atoms with van der Waals surface area (Å²) < 4.78 is 21.7. The summed E-state index contributed by atoms with van der Waals surface area (Å²) in [5.74, 6) is 1.61. The average molecular weight is 832 g/mol. The molecule has 0 bridgehead atoms. The molecule has 3 amide bonds. The van der Waals surface area contributed by atoms with Gasteiger partial charge in [-0.25, -0.2) is 14.6 Å². The van der Waals surface area contributed by atoms with Crippen LogP contribution < -0.4 is 15.4 Å². The van der Waals surface area contributed by atoms with Gasteiger partial charge in [0.05, 0.1) is 56.0 Å². The second-order valence-electron chi connectivity index (χ2n) is 17.2. The Morgan fingerprint density at radius 1 is 0.869 bits per heavy atom. The van der Waals surface area contributed by atoms with Crippen molar-refractivity contribution >= 4 is 40.3 Å². The minimum atomic E-state index is -0.898. The fraction of sp³-hybridized carbons (Fsp3) is 0.468. The number of ether oxygens (including phenoxy) is 4. The molecule has 61 heavy (non-hydrogen) atoms. The maximum Gasteiger partial charge on any atom is 0.407 e. The zero-order valence-electron chi connectivity index (χ0n) is 36.3. The predicted molar refractivity (Wildman–Crippen MR) is 234 cm³/mol. The monoisotopic (exact) mass is 831 g/mol. The second-order valence-corrected chi connectivity index (χ2v) is 17.2. The van der Waals surface area contributed by atoms with E-state index >= 15 is 0 Å². The number of H-pyrrole nitrogens is 1. The number of aliphatic imine (C=N–C) groups is 1. The summed E-state index contributed by atoms with van der Waals surface area (Å²) in [5, 5.41) is 7.84. The number of fused-ring (bicyclic) bond motifs is 6. The van der Waals surface area contributed by atoms with E-state index in [-0.39, 0.29) is 42.0 Å². The van der Waals surface area contributed by atoms with Crippen molar-refractivity contribution in [1.82, 2.24) is 30.4 Å². The number of rotatable bonds is 11. The van der Waals surface area contributed by atoms with Gasteiger partial charge in [0.2, 0.25) is 5.91 Å². The number of likely N-dealkylation sites (tertiary alicyclic amines) is 2. The van der Waals surface area contributed by atoms with Gasteiger partial charge in [-0.1, -0.05) is 38.6 Å². The first-order chi connectivity index (χ1) is 29.3. The van der Waals surface area contributed by atoms with Crippen LogP contribution in [0.3, 0.4) is 0 Å². The summed E-state index contributed by atoms with van der Waals surface area (Å²) in [6, 6.07) is 13.8. The number of aromatic amines is 1. The quantitative estimate of drug-likeness (QED) is 0.136. The molecular formula is C47H57N7O7. The number of amides is 3. The van der Waals surface area contributed by atoms with E-state index in [1.165, 1.54) is 21.3 Å². The molecule has 14 nitrogen and oxygen atoms in total. The van der Waals surface area contributed by atoms with Crippen LogP contribution in [-0.2, 0) is 32.0 Å². The minimum Gasteiger partial charge on any atom is -0.488 e. The van der Waals surface area contributed by atoms with Crippen LogP contribution in [-0.4, -0.2) is 101 Å². The Morgan fingerprint density at radius 2 is 1.57 bits per heavy atom. The number of benzene rings is 3. The Hall–Kier alpha value is -5.89. The SMILES string of the molecule is C=C([C@@H](NC(=O)OC)C(C)C)N1[C@@H](C)CC[C@H]1c1ncc(-c2ccc3c(c2)COc2cc4c5c(ccc4cc2-3)N=C([C@@H]2CC[C@H](C)N2C(=O)[C@@H](NC(=O)OC)[C@@H](C)OC)C5)[nH]1. The molecule has 5 heterocycles. The van der Waals surface area contributed by atoms with E-state index in [0.717, 1.165) is 98.6 Å². The first kappa shape index (κ1) is 41.8. The summed E-state index contributed by atoms with van der Waals surface area (Å²) in [4.78, 5) is 56.3.